The molecule has 0 aromatic heterocycles. The van der Waals surface area contributed by atoms with Crippen LogP contribution in [-0.4, -0.2) is 24.5 Å². The number of carbonyl (C=O) groups is 1. The molecular formula is C13H24N2O. The molecule has 16 heavy (non-hydrogen) atoms. The van der Waals surface area contributed by atoms with Crippen molar-refractivity contribution in [2.24, 2.45) is 11.8 Å². The van der Waals surface area contributed by atoms with Crippen LogP contribution >= 0.6 is 0 Å². The van der Waals surface area contributed by atoms with Gasteiger partial charge in [-0.2, -0.15) is 0 Å². The van der Waals surface area contributed by atoms with E-state index in [1.165, 1.54) is 19.3 Å². The first-order chi connectivity index (χ1) is 7.66. The van der Waals surface area contributed by atoms with Crippen molar-refractivity contribution >= 4 is 5.91 Å². The molecule has 3 heteroatoms. The SMILES string of the molecule is CC1CCC(NC(=O)C2NCCCC2C)C1. The summed E-state index contributed by atoms with van der Waals surface area (Å²) in [7, 11) is 0. The topological polar surface area (TPSA) is 41.1 Å². The molecule has 1 aliphatic heterocycles. The van der Waals surface area contributed by atoms with Gasteiger partial charge in [0.15, 0.2) is 0 Å². The first-order valence-electron chi connectivity index (χ1n) is 6.70. The summed E-state index contributed by atoms with van der Waals surface area (Å²) in [5, 5.41) is 6.55. The van der Waals surface area contributed by atoms with Crippen LogP contribution in [0, 0.1) is 11.8 Å². The molecule has 4 atom stereocenters. The first kappa shape index (κ1) is 11.9. The van der Waals surface area contributed by atoms with Gasteiger partial charge in [0.05, 0.1) is 6.04 Å². The van der Waals surface area contributed by atoms with Crippen molar-refractivity contribution in [1.82, 2.24) is 10.6 Å². The van der Waals surface area contributed by atoms with Crippen molar-refractivity contribution in [2.45, 2.75) is 58.0 Å². The van der Waals surface area contributed by atoms with Crippen LogP contribution in [0.25, 0.3) is 0 Å². The minimum absolute atomic E-state index is 0.0460. The number of carbonyl (C=O) groups excluding carboxylic acids is 1. The highest BCUT2D eigenvalue weighted by Crippen LogP contribution is 2.25. The molecule has 92 valence electrons. The standard InChI is InChI=1S/C13H24N2O/c1-9-5-6-11(8-9)15-13(16)12-10(2)4-3-7-14-12/h9-12,14H,3-8H2,1-2H3,(H,15,16). The normalized spacial score (nSPS) is 39.6. The summed E-state index contributed by atoms with van der Waals surface area (Å²) in [6.45, 7) is 5.44. The Labute approximate surface area is 98.4 Å². The predicted molar refractivity (Wildman–Crippen MR) is 65.1 cm³/mol. The van der Waals surface area contributed by atoms with Crippen molar-refractivity contribution in [1.29, 1.82) is 0 Å². The maximum atomic E-state index is 12.1. The second-order valence-corrected chi connectivity index (χ2v) is 5.68. The molecule has 2 N–H and O–H groups in total. The van der Waals surface area contributed by atoms with Gasteiger partial charge < -0.3 is 10.6 Å². The van der Waals surface area contributed by atoms with Gasteiger partial charge in [-0.3, -0.25) is 4.79 Å². The lowest BCUT2D eigenvalue weighted by Crippen LogP contribution is -2.52. The Hall–Kier alpha value is -0.570. The number of amides is 1. The second-order valence-electron chi connectivity index (χ2n) is 5.68. The zero-order valence-electron chi connectivity index (χ0n) is 10.5. The third-order valence-corrected chi connectivity index (χ3v) is 4.09. The van der Waals surface area contributed by atoms with Crippen LogP contribution in [0.1, 0.15) is 46.0 Å². The van der Waals surface area contributed by atoms with Gasteiger partial charge in [0, 0.05) is 6.04 Å². The average molecular weight is 224 g/mol. The van der Waals surface area contributed by atoms with Gasteiger partial charge in [0.25, 0.3) is 0 Å². The van der Waals surface area contributed by atoms with E-state index in [2.05, 4.69) is 24.5 Å². The highest BCUT2D eigenvalue weighted by atomic mass is 16.2. The van der Waals surface area contributed by atoms with Crippen LogP contribution in [0.15, 0.2) is 0 Å². The van der Waals surface area contributed by atoms with E-state index in [0.717, 1.165) is 25.3 Å². The monoisotopic (exact) mass is 224 g/mol. The van der Waals surface area contributed by atoms with E-state index in [4.69, 9.17) is 0 Å². The van der Waals surface area contributed by atoms with Crippen molar-refractivity contribution in [3.05, 3.63) is 0 Å². The fourth-order valence-corrected chi connectivity index (χ4v) is 3.03. The smallest absolute Gasteiger partial charge is 0.237 e. The second kappa shape index (κ2) is 5.17. The number of rotatable bonds is 2. The lowest BCUT2D eigenvalue weighted by molar-refractivity contribution is -0.125. The average Bonchev–Trinajstić information content (AvgIpc) is 2.64. The Kier molecular flexibility index (Phi) is 3.85. The summed E-state index contributed by atoms with van der Waals surface area (Å²) >= 11 is 0. The predicted octanol–water partition coefficient (Wildman–Crippen LogP) is 1.68. The molecule has 3 nitrogen and oxygen atoms in total. The van der Waals surface area contributed by atoms with Crippen LogP contribution < -0.4 is 10.6 Å². The van der Waals surface area contributed by atoms with Gasteiger partial charge in [-0.05, 0) is 50.5 Å². The fraction of sp³-hybridized carbons (Fsp3) is 0.923. The molecule has 0 radical (unpaired) electrons. The molecule has 0 aromatic rings. The van der Waals surface area contributed by atoms with Crippen LogP contribution in [0.5, 0.6) is 0 Å². The van der Waals surface area contributed by atoms with E-state index >= 15 is 0 Å². The van der Waals surface area contributed by atoms with Crippen LogP contribution in [0.2, 0.25) is 0 Å². The highest BCUT2D eigenvalue weighted by molar-refractivity contribution is 5.82. The van der Waals surface area contributed by atoms with Crippen molar-refractivity contribution in [3.8, 4) is 0 Å². The molecule has 4 unspecified atom stereocenters. The molecule has 2 fully saturated rings. The molecule has 1 saturated heterocycles. The highest BCUT2D eigenvalue weighted by Gasteiger charge is 2.30. The minimum Gasteiger partial charge on any atom is -0.352 e. The molecule has 1 aliphatic carbocycles. The fourth-order valence-electron chi connectivity index (χ4n) is 3.03. The molecule has 1 saturated carbocycles. The molecular weight excluding hydrogens is 200 g/mol. The Bertz CT molecular complexity index is 254. The van der Waals surface area contributed by atoms with E-state index in [9.17, 15) is 4.79 Å². The maximum Gasteiger partial charge on any atom is 0.237 e. The number of hydrogen-bond acceptors (Lipinski definition) is 2. The molecule has 0 bridgehead atoms. The third-order valence-electron chi connectivity index (χ3n) is 4.09. The third kappa shape index (κ3) is 2.76. The Balaban J connectivity index is 1.82. The summed E-state index contributed by atoms with van der Waals surface area (Å²) in [5.74, 6) is 1.49. The number of piperidine rings is 1. The molecule has 2 rings (SSSR count). The van der Waals surface area contributed by atoms with Crippen molar-refractivity contribution in [2.75, 3.05) is 6.54 Å². The lowest BCUT2D eigenvalue weighted by atomic mass is 9.92. The Morgan fingerprint density at radius 3 is 2.69 bits per heavy atom. The van der Waals surface area contributed by atoms with E-state index < -0.39 is 0 Å². The van der Waals surface area contributed by atoms with E-state index in [1.54, 1.807) is 0 Å². The van der Waals surface area contributed by atoms with Gasteiger partial charge >= 0.3 is 0 Å². The van der Waals surface area contributed by atoms with Crippen molar-refractivity contribution < 1.29 is 4.79 Å². The van der Waals surface area contributed by atoms with E-state index in [0.29, 0.717) is 12.0 Å². The van der Waals surface area contributed by atoms with Gasteiger partial charge in [0.1, 0.15) is 0 Å². The zero-order valence-corrected chi connectivity index (χ0v) is 10.5. The maximum absolute atomic E-state index is 12.1. The quantitative estimate of drug-likeness (QED) is 0.749. The Morgan fingerprint density at radius 2 is 2.06 bits per heavy atom. The minimum atomic E-state index is 0.0460. The molecule has 0 aromatic carbocycles. The van der Waals surface area contributed by atoms with Gasteiger partial charge in [-0.25, -0.2) is 0 Å². The van der Waals surface area contributed by atoms with Crippen LogP contribution in [-0.2, 0) is 4.79 Å². The van der Waals surface area contributed by atoms with E-state index in [-0.39, 0.29) is 11.9 Å². The summed E-state index contributed by atoms with van der Waals surface area (Å²) in [4.78, 5) is 12.1. The molecule has 1 heterocycles. The lowest BCUT2D eigenvalue weighted by Gasteiger charge is -2.30. The van der Waals surface area contributed by atoms with Gasteiger partial charge in [-0.1, -0.05) is 13.8 Å². The van der Waals surface area contributed by atoms with Gasteiger partial charge in [0.2, 0.25) is 5.91 Å². The molecule has 2 aliphatic rings. The summed E-state index contributed by atoms with van der Waals surface area (Å²) in [6, 6.07) is 0.475. The summed E-state index contributed by atoms with van der Waals surface area (Å²) in [6.07, 6.45) is 5.96. The zero-order chi connectivity index (χ0) is 11.5. The van der Waals surface area contributed by atoms with Gasteiger partial charge in [-0.15, -0.1) is 0 Å². The van der Waals surface area contributed by atoms with Crippen LogP contribution in [0.4, 0.5) is 0 Å². The van der Waals surface area contributed by atoms with Crippen LogP contribution in [0.3, 0.4) is 0 Å². The van der Waals surface area contributed by atoms with E-state index in [1.807, 2.05) is 0 Å². The Morgan fingerprint density at radius 1 is 1.25 bits per heavy atom. The largest absolute Gasteiger partial charge is 0.352 e. The summed E-state index contributed by atoms with van der Waals surface area (Å²) < 4.78 is 0. The molecule has 0 spiro atoms. The summed E-state index contributed by atoms with van der Waals surface area (Å²) in [5.41, 5.74) is 0. The van der Waals surface area contributed by atoms with Crippen molar-refractivity contribution in [3.63, 3.8) is 0 Å². The first-order valence-corrected chi connectivity index (χ1v) is 6.70. The number of nitrogens with one attached hydrogen (secondary N) is 2. The molecule has 1 amide bonds. The number of hydrogen-bond donors (Lipinski definition) is 2.